The summed E-state index contributed by atoms with van der Waals surface area (Å²) in [6, 6.07) is 10.3. The number of piperidine rings is 1. The molecule has 1 aromatic carbocycles. The minimum absolute atomic E-state index is 0.0436. The molecule has 1 fully saturated rings. The van der Waals surface area contributed by atoms with Crippen molar-refractivity contribution in [2.75, 3.05) is 25.1 Å². The Morgan fingerprint density at radius 3 is 2.47 bits per heavy atom. The Labute approximate surface area is 106 Å². The first kappa shape index (κ1) is 12.5. The number of likely N-dealkylation sites (tertiary alicyclic amines) is 1. The molecule has 1 aromatic rings. The van der Waals surface area contributed by atoms with Crippen molar-refractivity contribution in [3.63, 3.8) is 0 Å². The Morgan fingerprint density at radius 1 is 1.18 bits per heavy atom. The molecule has 92 valence electrons. The van der Waals surface area contributed by atoms with Gasteiger partial charge in [-0.15, -0.1) is 0 Å². The van der Waals surface area contributed by atoms with E-state index in [4.69, 9.17) is 0 Å². The number of amides is 1. The van der Waals surface area contributed by atoms with Gasteiger partial charge in [-0.1, -0.05) is 18.2 Å². The maximum absolute atomic E-state index is 12.1. The van der Waals surface area contributed by atoms with Crippen molar-refractivity contribution in [2.24, 2.45) is 0 Å². The molecule has 1 aliphatic rings. The molecule has 0 saturated carbocycles. The van der Waals surface area contributed by atoms with Gasteiger partial charge in [-0.3, -0.25) is 4.79 Å². The van der Waals surface area contributed by atoms with Crippen LogP contribution in [0.4, 0.5) is 0 Å². The number of carbonyl (C=O) groups is 1. The highest BCUT2D eigenvalue weighted by atomic mass is 32.2. The third-order valence-corrected chi connectivity index (χ3v) is 4.95. The number of hydrogen-bond donors (Lipinski definition) is 0. The van der Waals surface area contributed by atoms with Crippen molar-refractivity contribution in [3.8, 4) is 0 Å². The zero-order valence-electron chi connectivity index (χ0n) is 10.4. The summed E-state index contributed by atoms with van der Waals surface area (Å²) in [5, 5.41) is 0. The van der Waals surface area contributed by atoms with Crippen molar-refractivity contribution >= 4 is 16.8 Å². The lowest BCUT2D eigenvalue weighted by atomic mass is 10.1. The minimum Gasteiger partial charge on any atom is -0.339 e. The highest BCUT2D eigenvalue weighted by molar-refractivity contribution is 7.96. The normalized spacial score (nSPS) is 17.8. The second kappa shape index (κ2) is 6.10. The Hall–Kier alpha value is -0.960. The van der Waals surface area contributed by atoms with Gasteiger partial charge in [0.1, 0.15) is 6.26 Å². The molecule has 0 spiro atoms. The first-order valence-electron chi connectivity index (χ1n) is 6.23. The average molecular weight is 250 g/mol. The molecule has 1 saturated heterocycles. The topological polar surface area (TPSA) is 20.3 Å². The highest BCUT2D eigenvalue weighted by Gasteiger charge is 2.25. The second-order valence-corrected chi connectivity index (χ2v) is 6.57. The van der Waals surface area contributed by atoms with Crippen molar-refractivity contribution < 1.29 is 4.79 Å². The van der Waals surface area contributed by atoms with Crippen LogP contribution in [0.2, 0.25) is 0 Å². The fourth-order valence-electron chi connectivity index (χ4n) is 2.16. The third kappa shape index (κ3) is 3.50. The number of rotatable bonds is 3. The summed E-state index contributed by atoms with van der Waals surface area (Å²) in [7, 11) is 0.0436. The SMILES string of the molecule is C[S+](CC(=O)N1CCCCC1)c1ccccc1. The fraction of sp³-hybridized carbons (Fsp3) is 0.500. The first-order chi connectivity index (χ1) is 8.27. The highest BCUT2D eigenvalue weighted by Crippen LogP contribution is 2.14. The Bertz CT molecular complexity index is 360. The number of hydrogen-bond acceptors (Lipinski definition) is 1. The van der Waals surface area contributed by atoms with Gasteiger partial charge in [-0.25, -0.2) is 0 Å². The molecule has 0 aliphatic carbocycles. The predicted octanol–water partition coefficient (Wildman–Crippen LogP) is 2.31. The zero-order chi connectivity index (χ0) is 12.1. The van der Waals surface area contributed by atoms with Crippen LogP contribution in [-0.4, -0.2) is 35.9 Å². The lowest BCUT2D eigenvalue weighted by Crippen LogP contribution is -2.39. The molecule has 0 aromatic heterocycles. The van der Waals surface area contributed by atoms with E-state index in [1.807, 2.05) is 23.1 Å². The standard InChI is InChI=1S/C14H20NOS/c1-17(13-8-4-2-5-9-13)12-14(16)15-10-6-3-7-11-15/h2,4-5,8-9H,3,6-7,10-12H2,1H3/q+1. The summed E-state index contributed by atoms with van der Waals surface area (Å²) in [5.74, 6) is 1.00. The van der Waals surface area contributed by atoms with E-state index in [1.165, 1.54) is 24.2 Å². The van der Waals surface area contributed by atoms with Crippen LogP contribution in [0.3, 0.4) is 0 Å². The molecule has 2 nitrogen and oxygen atoms in total. The van der Waals surface area contributed by atoms with Crippen molar-refractivity contribution in [3.05, 3.63) is 30.3 Å². The molecule has 3 heteroatoms. The van der Waals surface area contributed by atoms with Crippen LogP contribution in [0.5, 0.6) is 0 Å². The van der Waals surface area contributed by atoms with Gasteiger partial charge < -0.3 is 4.90 Å². The van der Waals surface area contributed by atoms with Crippen LogP contribution < -0.4 is 0 Å². The van der Waals surface area contributed by atoms with Gasteiger partial charge in [0.2, 0.25) is 0 Å². The number of benzene rings is 1. The monoisotopic (exact) mass is 250 g/mol. The lowest BCUT2D eigenvalue weighted by molar-refractivity contribution is -0.129. The average Bonchev–Trinajstić information content (AvgIpc) is 2.40. The van der Waals surface area contributed by atoms with Crippen LogP contribution in [0.1, 0.15) is 19.3 Å². The van der Waals surface area contributed by atoms with E-state index in [0.717, 1.165) is 13.1 Å². The largest absolute Gasteiger partial charge is 0.339 e. The minimum atomic E-state index is 0.0436. The van der Waals surface area contributed by atoms with Gasteiger partial charge in [0.25, 0.3) is 5.91 Å². The van der Waals surface area contributed by atoms with Gasteiger partial charge in [0, 0.05) is 24.0 Å². The molecule has 2 rings (SSSR count). The van der Waals surface area contributed by atoms with E-state index in [0.29, 0.717) is 11.7 Å². The van der Waals surface area contributed by atoms with Crippen LogP contribution >= 0.6 is 0 Å². The molecule has 1 aliphatic heterocycles. The van der Waals surface area contributed by atoms with Crippen molar-refractivity contribution in [1.82, 2.24) is 4.90 Å². The molecule has 1 atom stereocenters. The second-order valence-electron chi connectivity index (χ2n) is 4.54. The van der Waals surface area contributed by atoms with Gasteiger partial charge >= 0.3 is 0 Å². The van der Waals surface area contributed by atoms with Crippen LogP contribution in [0, 0.1) is 0 Å². The van der Waals surface area contributed by atoms with Crippen molar-refractivity contribution in [1.29, 1.82) is 0 Å². The van der Waals surface area contributed by atoms with Crippen LogP contribution in [0.25, 0.3) is 0 Å². The molecule has 0 radical (unpaired) electrons. The molecule has 1 amide bonds. The summed E-state index contributed by atoms with van der Waals surface area (Å²) in [6.45, 7) is 1.93. The molecule has 1 unspecified atom stereocenters. The molecule has 1 heterocycles. The van der Waals surface area contributed by atoms with Crippen LogP contribution in [-0.2, 0) is 15.7 Å². The first-order valence-corrected chi connectivity index (χ1v) is 8.03. The maximum Gasteiger partial charge on any atom is 0.272 e. The lowest BCUT2D eigenvalue weighted by Gasteiger charge is -2.25. The van der Waals surface area contributed by atoms with Crippen molar-refractivity contribution in [2.45, 2.75) is 24.2 Å². The Balaban J connectivity index is 1.89. The van der Waals surface area contributed by atoms with Gasteiger partial charge in [-0.05, 0) is 31.4 Å². The molecular weight excluding hydrogens is 230 g/mol. The summed E-state index contributed by atoms with van der Waals surface area (Å²) in [4.78, 5) is 15.4. The van der Waals surface area contributed by atoms with E-state index in [-0.39, 0.29) is 10.9 Å². The van der Waals surface area contributed by atoms with E-state index in [2.05, 4.69) is 18.4 Å². The third-order valence-electron chi connectivity index (χ3n) is 3.19. The summed E-state index contributed by atoms with van der Waals surface area (Å²) < 4.78 is 0. The number of carbonyl (C=O) groups excluding carboxylic acids is 1. The smallest absolute Gasteiger partial charge is 0.272 e. The molecule has 17 heavy (non-hydrogen) atoms. The Morgan fingerprint density at radius 2 is 1.82 bits per heavy atom. The van der Waals surface area contributed by atoms with E-state index in [1.54, 1.807) is 0 Å². The molecular formula is C14H20NOS+. The summed E-state index contributed by atoms with van der Waals surface area (Å²) in [5.41, 5.74) is 0. The predicted molar refractivity (Wildman–Crippen MR) is 73.3 cm³/mol. The maximum atomic E-state index is 12.1. The summed E-state index contributed by atoms with van der Waals surface area (Å²) in [6.07, 6.45) is 5.79. The van der Waals surface area contributed by atoms with E-state index < -0.39 is 0 Å². The quantitative estimate of drug-likeness (QED) is 0.754. The summed E-state index contributed by atoms with van der Waals surface area (Å²) >= 11 is 0. The molecule has 0 N–H and O–H groups in total. The fourth-order valence-corrected chi connectivity index (χ4v) is 3.50. The number of nitrogens with zero attached hydrogens (tertiary/aromatic N) is 1. The van der Waals surface area contributed by atoms with Gasteiger partial charge in [-0.2, -0.15) is 0 Å². The van der Waals surface area contributed by atoms with Gasteiger partial charge in [0.05, 0.1) is 0 Å². The van der Waals surface area contributed by atoms with E-state index in [9.17, 15) is 4.79 Å². The van der Waals surface area contributed by atoms with Gasteiger partial charge in [0.15, 0.2) is 10.6 Å². The van der Waals surface area contributed by atoms with Crippen LogP contribution in [0.15, 0.2) is 35.2 Å². The molecule has 0 bridgehead atoms. The van der Waals surface area contributed by atoms with E-state index >= 15 is 0 Å². The Kier molecular flexibility index (Phi) is 4.49. The zero-order valence-corrected chi connectivity index (χ0v) is 11.2.